The summed E-state index contributed by atoms with van der Waals surface area (Å²) in [6.07, 6.45) is 0. The van der Waals surface area contributed by atoms with Gasteiger partial charge < -0.3 is 0 Å². The molecule has 0 N–H and O–H groups in total. The van der Waals surface area contributed by atoms with Gasteiger partial charge >= 0.3 is 0 Å². The second-order valence-electron chi connectivity index (χ2n) is 14.3. The first-order chi connectivity index (χ1) is 27.7. The lowest BCUT2D eigenvalue weighted by Gasteiger charge is -2.33. The van der Waals surface area contributed by atoms with Crippen LogP contribution in [0.15, 0.2) is 200 Å². The molecule has 0 bridgehead atoms. The van der Waals surface area contributed by atoms with Crippen molar-refractivity contribution in [2.24, 2.45) is 0 Å². The molecule has 56 heavy (non-hydrogen) atoms. The fourth-order valence-electron chi connectivity index (χ4n) is 8.65. The molecule has 0 aliphatic heterocycles. The molecule has 0 atom stereocenters. The highest BCUT2D eigenvalue weighted by Crippen LogP contribution is 2.56. The molecule has 262 valence electrons. The van der Waals surface area contributed by atoms with E-state index in [1.54, 1.807) is 0 Å². The molecular formula is C52H33N3S. The summed E-state index contributed by atoms with van der Waals surface area (Å²) in [6, 6.07) is 71.7. The van der Waals surface area contributed by atoms with Crippen LogP contribution in [-0.2, 0) is 5.41 Å². The molecule has 0 spiro atoms. The summed E-state index contributed by atoms with van der Waals surface area (Å²) in [6.45, 7) is 0. The van der Waals surface area contributed by atoms with Crippen molar-refractivity contribution in [3.05, 3.63) is 222 Å². The van der Waals surface area contributed by atoms with Crippen molar-refractivity contribution in [3.8, 4) is 56.4 Å². The van der Waals surface area contributed by atoms with Crippen LogP contribution in [0.5, 0.6) is 0 Å². The maximum Gasteiger partial charge on any atom is 0.164 e. The van der Waals surface area contributed by atoms with Gasteiger partial charge in [-0.1, -0.05) is 188 Å². The van der Waals surface area contributed by atoms with Crippen LogP contribution in [0, 0.1) is 0 Å². The summed E-state index contributed by atoms with van der Waals surface area (Å²) in [7, 11) is 0. The predicted octanol–water partition coefficient (Wildman–Crippen LogP) is 13.3. The van der Waals surface area contributed by atoms with Crippen molar-refractivity contribution in [1.29, 1.82) is 0 Å². The van der Waals surface area contributed by atoms with Crippen LogP contribution in [0.1, 0.15) is 22.3 Å². The van der Waals surface area contributed by atoms with Crippen LogP contribution in [0.2, 0.25) is 0 Å². The fraction of sp³-hybridized carbons (Fsp3) is 0.0192. The molecule has 10 aromatic rings. The summed E-state index contributed by atoms with van der Waals surface area (Å²) in [5.74, 6) is 1.97. The molecule has 8 aromatic carbocycles. The van der Waals surface area contributed by atoms with E-state index in [1.165, 1.54) is 59.1 Å². The fourth-order valence-corrected chi connectivity index (χ4v) is 9.84. The van der Waals surface area contributed by atoms with Crippen molar-refractivity contribution < 1.29 is 0 Å². The molecule has 2 aromatic heterocycles. The number of aromatic nitrogens is 3. The van der Waals surface area contributed by atoms with E-state index < -0.39 is 5.41 Å². The molecule has 0 fully saturated rings. The van der Waals surface area contributed by atoms with E-state index >= 15 is 0 Å². The van der Waals surface area contributed by atoms with Gasteiger partial charge in [0.05, 0.1) is 5.41 Å². The van der Waals surface area contributed by atoms with Crippen molar-refractivity contribution in [2.45, 2.75) is 5.41 Å². The van der Waals surface area contributed by atoms with Gasteiger partial charge in [-0.05, 0) is 56.6 Å². The molecule has 0 radical (unpaired) electrons. The number of hydrogen-bond donors (Lipinski definition) is 0. The van der Waals surface area contributed by atoms with Crippen LogP contribution in [-0.4, -0.2) is 15.0 Å². The minimum atomic E-state index is -0.409. The zero-order valence-electron chi connectivity index (χ0n) is 30.3. The van der Waals surface area contributed by atoms with Crippen molar-refractivity contribution in [3.63, 3.8) is 0 Å². The quantitative estimate of drug-likeness (QED) is 0.171. The highest BCUT2D eigenvalue weighted by molar-refractivity contribution is 7.25. The molecule has 0 amide bonds. The summed E-state index contributed by atoms with van der Waals surface area (Å²) >= 11 is 1.87. The van der Waals surface area contributed by atoms with Crippen LogP contribution < -0.4 is 0 Å². The third kappa shape index (κ3) is 5.14. The van der Waals surface area contributed by atoms with Gasteiger partial charge in [0.25, 0.3) is 0 Å². The Morgan fingerprint density at radius 3 is 1.32 bits per heavy atom. The Kier molecular flexibility index (Phi) is 7.58. The molecule has 0 saturated heterocycles. The van der Waals surface area contributed by atoms with Crippen LogP contribution in [0.4, 0.5) is 0 Å². The van der Waals surface area contributed by atoms with Gasteiger partial charge in [0.1, 0.15) is 0 Å². The lowest BCUT2D eigenvalue weighted by Crippen LogP contribution is -2.28. The first-order valence-electron chi connectivity index (χ1n) is 18.9. The van der Waals surface area contributed by atoms with Gasteiger partial charge in [0.15, 0.2) is 17.5 Å². The minimum Gasteiger partial charge on any atom is -0.208 e. The number of benzene rings is 8. The second kappa shape index (κ2) is 13.1. The maximum atomic E-state index is 4.93. The number of thiophene rings is 1. The molecule has 0 saturated carbocycles. The Morgan fingerprint density at radius 2 is 0.750 bits per heavy atom. The average Bonchev–Trinajstić information content (AvgIpc) is 3.80. The highest BCUT2D eigenvalue weighted by atomic mass is 32.1. The minimum absolute atomic E-state index is 0.409. The summed E-state index contributed by atoms with van der Waals surface area (Å²) in [5.41, 5.74) is 12.7. The van der Waals surface area contributed by atoms with Crippen LogP contribution in [0.3, 0.4) is 0 Å². The second-order valence-corrected chi connectivity index (χ2v) is 15.4. The van der Waals surface area contributed by atoms with Gasteiger partial charge in [0, 0.05) is 36.9 Å². The van der Waals surface area contributed by atoms with Crippen molar-refractivity contribution in [2.75, 3.05) is 0 Å². The molecule has 0 unspecified atom stereocenters. The van der Waals surface area contributed by atoms with Gasteiger partial charge in [-0.15, -0.1) is 11.3 Å². The van der Waals surface area contributed by atoms with E-state index in [0.717, 1.165) is 22.3 Å². The Balaban J connectivity index is 0.986. The average molecular weight is 732 g/mol. The third-order valence-electron chi connectivity index (χ3n) is 11.2. The molecule has 1 aliphatic rings. The highest BCUT2D eigenvalue weighted by Gasteiger charge is 2.45. The Morgan fingerprint density at radius 1 is 0.321 bits per heavy atom. The van der Waals surface area contributed by atoms with E-state index in [4.69, 9.17) is 15.0 Å². The molecule has 11 rings (SSSR count). The molecule has 1 aliphatic carbocycles. The number of nitrogens with zero attached hydrogens (tertiary/aromatic N) is 3. The first kappa shape index (κ1) is 32.4. The Labute approximate surface area is 329 Å². The zero-order chi connectivity index (χ0) is 37.1. The first-order valence-corrected chi connectivity index (χ1v) is 19.8. The normalized spacial score (nSPS) is 12.8. The SMILES string of the molecule is c1ccc(-c2nc(-c3ccccc3)nc(-c3ccc(-c4ccc5c(c4)sc4cc(C6(c7ccccc7)c7ccccc7-c7ccccc76)ccc45)cc3)n2)cc1. The number of fused-ring (bicyclic) bond motifs is 6. The lowest BCUT2D eigenvalue weighted by atomic mass is 9.67. The van der Waals surface area contributed by atoms with Crippen LogP contribution >= 0.6 is 11.3 Å². The lowest BCUT2D eigenvalue weighted by molar-refractivity contribution is 0.770. The van der Waals surface area contributed by atoms with Crippen molar-refractivity contribution in [1.82, 2.24) is 15.0 Å². The van der Waals surface area contributed by atoms with E-state index in [1.807, 2.05) is 72.0 Å². The molecular weight excluding hydrogens is 699 g/mol. The van der Waals surface area contributed by atoms with E-state index in [2.05, 4.69) is 140 Å². The summed E-state index contributed by atoms with van der Waals surface area (Å²) < 4.78 is 2.57. The largest absolute Gasteiger partial charge is 0.208 e. The molecule has 4 heteroatoms. The Bertz CT molecular complexity index is 2960. The van der Waals surface area contributed by atoms with Crippen molar-refractivity contribution >= 4 is 31.5 Å². The smallest absolute Gasteiger partial charge is 0.164 e. The molecule has 2 heterocycles. The predicted molar refractivity (Wildman–Crippen MR) is 232 cm³/mol. The van der Waals surface area contributed by atoms with Gasteiger partial charge in [-0.25, -0.2) is 15.0 Å². The summed E-state index contributed by atoms with van der Waals surface area (Å²) in [4.78, 5) is 14.7. The zero-order valence-corrected chi connectivity index (χ0v) is 31.1. The Hall–Kier alpha value is -7.01. The van der Waals surface area contributed by atoms with Gasteiger partial charge in [-0.3, -0.25) is 0 Å². The van der Waals surface area contributed by atoms with E-state index in [9.17, 15) is 0 Å². The van der Waals surface area contributed by atoms with Gasteiger partial charge in [-0.2, -0.15) is 0 Å². The van der Waals surface area contributed by atoms with Crippen LogP contribution in [0.25, 0.3) is 76.6 Å². The third-order valence-corrected chi connectivity index (χ3v) is 12.4. The monoisotopic (exact) mass is 731 g/mol. The maximum absolute atomic E-state index is 4.93. The standard InChI is InChI=1S/C52H33N3S/c1-4-14-35(15-5-1)49-53-50(36-16-6-2-7-17-36)55-51(54-49)37-26-24-34(25-27-37)38-28-30-43-44-31-29-40(33-48(44)56-47(43)32-38)52(39-18-8-3-9-19-39)45-22-12-10-20-41(45)42-21-11-13-23-46(42)52/h1-33H. The van der Waals surface area contributed by atoms with Gasteiger partial charge in [0.2, 0.25) is 0 Å². The summed E-state index contributed by atoms with van der Waals surface area (Å²) in [5, 5.41) is 2.57. The van der Waals surface area contributed by atoms with E-state index in [0.29, 0.717) is 17.5 Å². The number of rotatable bonds is 6. The molecule has 3 nitrogen and oxygen atoms in total. The van der Waals surface area contributed by atoms with E-state index in [-0.39, 0.29) is 0 Å². The number of hydrogen-bond acceptors (Lipinski definition) is 4. The topological polar surface area (TPSA) is 38.7 Å².